The lowest BCUT2D eigenvalue weighted by atomic mass is 10.1. The summed E-state index contributed by atoms with van der Waals surface area (Å²) in [5, 5.41) is 8.55. The van der Waals surface area contributed by atoms with E-state index in [9.17, 15) is 19.2 Å². The molecule has 224 valence electrons. The predicted molar refractivity (Wildman–Crippen MR) is 150 cm³/mol. The average Bonchev–Trinajstić information content (AvgIpc) is 2.97. The summed E-state index contributed by atoms with van der Waals surface area (Å²) in [5.41, 5.74) is 9.51. The second-order valence-corrected chi connectivity index (χ2v) is 7.91. The topological polar surface area (TPSA) is 187 Å². The number of nitrogens with zero attached hydrogens (tertiary/aromatic N) is 3. The minimum Gasteiger partial charge on any atom is -0.462 e. The normalized spacial score (nSPS) is 11.1. The van der Waals surface area contributed by atoms with Gasteiger partial charge in [-0.25, -0.2) is 4.79 Å². The van der Waals surface area contributed by atoms with Gasteiger partial charge in [-0.05, 0) is 42.3 Å². The molecular formula is C27H37N5O9. The van der Waals surface area contributed by atoms with Crippen LogP contribution in [0.15, 0.2) is 47.1 Å². The average molecular weight is 576 g/mol. The van der Waals surface area contributed by atoms with E-state index >= 15 is 0 Å². The van der Waals surface area contributed by atoms with Crippen molar-refractivity contribution < 1.29 is 42.9 Å². The van der Waals surface area contributed by atoms with E-state index in [0.29, 0.717) is 64.8 Å². The number of azide groups is 1. The van der Waals surface area contributed by atoms with Crippen LogP contribution in [0.1, 0.15) is 18.9 Å². The number of allylic oxidation sites excluding steroid dienone is 1. The zero-order valence-electron chi connectivity index (χ0n) is 23.1. The Kier molecular flexibility index (Phi) is 20.3. The number of hydrogen-bond donors (Lipinski definition) is 2. The molecule has 0 atom stereocenters. The van der Waals surface area contributed by atoms with Crippen LogP contribution in [0.4, 0.5) is 5.69 Å². The van der Waals surface area contributed by atoms with E-state index in [0.717, 1.165) is 11.6 Å². The number of rotatable bonds is 23. The Morgan fingerprint density at radius 1 is 0.902 bits per heavy atom. The largest absolute Gasteiger partial charge is 0.462 e. The number of esters is 1. The molecule has 41 heavy (non-hydrogen) atoms. The summed E-state index contributed by atoms with van der Waals surface area (Å²) in [5.74, 6) is -1.31. The van der Waals surface area contributed by atoms with Crippen LogP contribution in [0.2, 0.25) is 0 Å². The first-order chi connectivity index (χ1) is 20.0. The molecule has 0 heterocycles. The van der Waals surface area contributed by atoms with E-state index in [1.165, 1.54) is 6.08 Å². The molecule has 0 aliphatic rings. The molecule has 0 saturated carbocycles. The van der Waals surface area contributed by atoms with E-state index in [-0.39, 0.29) is 37.7 Å². The molecule has 0 unspecified atom stereocenters. The summed E-state index contributed by atoms with van der Waals surface area (Å²) >= 11 is 0. The predicted octanol–water partition coefficient (Wildman–Crippen LogP) is 2.21. The first-order valence-corrected chi connectivity index (χ1v) is 13.0. The van der Waals surface area contributed by atoms with Crippen molar-refractivity contribution in [2.45, 2.75) is 13.3 Å². The van der Waals surface area contributed by atoms with Gasteiger partial charge in [-0.15, -0.1) is 0 Å². The molecule has 0 radical (unpaired) electrons. The van der Waals surface area contributed by atoms with E-state index in [1.807, 2.05) is 0 Å². The number of aldehydes is 1. The Balaban J connectivity index is 2.12. The fourth-order valence-electron chi connectivity index (χ4n) is 2.89. The van der Waals surface area contributed by atoms with Crippen LogP contribution in [0.3, 0.4) is 0 Å². The van der Waals surface area contributed by atoms with Gasteiger partial charge >= 0.3 is 5.97 Å². The van der Waals surface area contributed by atoms with Crippen molar-refractivity contribution in [2.24, 2.45) is 5.11 Å². The highest BCUT2D eigenvalue weighted by Gasteiger charge is 2.08. The lowest BCUT2D eigenvalue weighted by molar-refractivity contribution is -0.138. The van der Waals surface area contributed by atoms with Gasteiger partial charge in [-0.1, -0.05) is 23.3 Å². The smallest absolute Gasteiger partial charge is 0.338 e. The number of amides is 2. The Morgan fingerprint density at radius 2 is 1.51 bits per heavy atom. The third-order valence-electron chi connectivity index (χ3n) is 4.84. The molecule has 14 nitrogen and oxygen atoms in total. The summed E-state index contributed by atoms with van der Waals surface area (Å²) in [6, 6.07) is 6.77. The molecular weight excluding hydrogens is 538 g/mol. The van der Waals surface area contributed by atoms with Crippen LogP contribution in [0.25, 0.3) is 16.5 Å². The van der Waals surface area contributed by atoms with E-state index in [2.05, 4.69) is 20.7 Å². The number of carbonyl (C=O) groups excluding carboxylic acids is 4. The zero-order valence-corrected chi connectivity index (χ0v) is 23.1. The summed E-state index contributed by atoms with van der Waals surface area (Å²) in [6.07, 6.45) is 4.84. The second-order valence-electron chi connectivity index (χ2n) is 7.91. The molecule has 0 saturated heterocycles. The van der Waals surface area contributed by atoms with Gasteiger partial charge in [0.1, 0.15) is 6.29 Å². The van der Waals surface area contributed by atoms with Gasteiger partial charge < -0.3 is 34.3 Å². The van der Waals surface area contributed by atoms with Crippen molar-refractivity contribution in [1.82, 2.24) is 5.32 Å². The van der Waals surface area contributed by atoms with Crippen LogP contribution < -0.4 is 10.6 Å². The Hall–Kier alpha value is -4.07. The van der Waals surface area contributed by atoms with Crippen LogP contribution in [0.5, 0.6) is 0 Å². The lowest BCUT2D eigenvalue weighted by Gasteiger charge is -2.08. The SMILES string of the molecule is CCOC(=O)C(/C=C/c1ccc(NC(=O)CNC(=O)CCOCCOCCOCCOCCN=[N+]=[N-])cc1)=C/C=O. The van der Waals surface area contributed by atoms with Gasteiger partial charge in [0, 0.05) is 23.6 Å². The van der Waals surface area contributed by atoms with E-state index in [1.54, 1.807) is 37.3 Å². The number of nitrogens with one attached hydrogen (secondary N) is 2. The standard InChI is InChI=1S/C27H37N5O9/c1-2-41-27(36)23(9-12-33)6-3-22-4-7-24(8-5-22)31-26(35)21-29-25(34)10-13-37-15-17-39-19-20-40-18-16-38-14-11-30-32-28/h3-9,12H,2,10-11,13-21H2,1H3,(H,29,34)(H,31,35)/b6-3+,23-9+. The Morgan fingerprint density at radius 3 is 2.10 bits per heavy atom. The third kappa shape index (κ3) is 18.8. The van der Waals surface area contributed by atoms with Crippen LogP contribution in [0, 0.1) is 0 Å². The first kappa shape index (κ1) is 35.0. The highest BCUT2D eigenvalue weighted by molar-refractivity contribution is 5.97. The highest BCUT2D eigenvalue weighted by Crippen LogP contribution is 2.12. The number of carbonyl (C=O) groups is 4. The molecule has 0 aliphatic carbocycles. The fraction of sp³-hybridized carbons (Fsp3) is 0.481. The molecule has 0 aromatic heterocycles. The highest BCUT2D eigenvalue weighted by atomic mass is 16.6. The minimum absolute atomic E-state index is 0.101. The second kappa shape index (κ2) is 23.8. The number of ether oxygens (including phenoxy) is 5. The molecule has 1 aromatic rings. The van der Waals surface area contributed by atoms with Gasteiger partial charge in [0.05, 0.1) is 71.6 Å². The van der Waals surface area contributed by atoms with Crippen LogP contribution >= 0.6 is 0 Å². The monoisotopic (exact) mass is 575 g/mol. The van der Waals surface area contributed by atoms with Crippen molar-refractivity contribution in [2.75, 3.05) is 77.9 Å². The molecule has 0 bridgehead atoms. The summed E-state index contributed by atoms with van der Waals surface area (Å²) < 4.78 is 26.1. The van der Waals surface area contributed by atoms with Crippen molar-refractivity contribution in [3.63, 3.8) is 0 Å². The molecule has 0 spiro atoms. The molecule has 14 heteroatoms. The molecule has 1 aromatic carbocycles. The molecule has 0 aliphatic heterocycles. The minimum atomic E-state index is -0.597. The maximum Gasteiger partial charge on any atom is 0.338 e. The molecule has 1 rings (SSSR count). The Labute approximate surface area is 238 Å². The van der Waals surface area contributed by atoms with Gasteiger partial charge in [-0.3, -0.25) is 14.4 Å². The maximum absolute atomic E-state index is 12.1. The van der Waals surface area contributed by atoms with Gasteiger partial charge in [-0.2, -0.15) is 0 Å². The number of hydrogen-bond acceptors (Lipinski definition) is 10. The fourth-order valence-corrected chi connectivity index (χ4v) is 2.89. The van der Waals surface area contributed by atoms with Crippen LogP contribution in [-0.4, -0.2) is 96.6 Å². The van der Waals surface area contributed by atoms with Crippen molar-refractivity contribution >= 4 is 35.8 Å². The van der Waals surface area contributed by atoms with Crippen molar-refractivity contribution in [3.8, 4) is 0 Å². The van der Waals surface area contributed by atoms with E-state index < -0.39 is 11.9 Å². The van der Waals surface area contributed by atoms with Crippen molar-refractivity contribution in [1.29, 1.82) is 0 Å². The maximum atomic E-state index is 12.1. The summed E-state index contributed by atoms with van der Waals surface area (Å²) in [6.45, 7) is 4.80. The Bertz CT molecular complexity index is 1040. The summed E-state index contributed by atoms with van der Waals surface area (Å²) in [4.78, 5) is 49.2. The van der Waals surface area contributed by atoms with Crippen LogP contribution in [-0.2, 0) is 42.9 Å². The van der Waals surface area contributed by atoms with Gasteiger partial charge in [0.15, 0.2) is 0 Å². The molecule has 0 fully saturated rings. The number of benzene rings is 1. The van der Waals surface area contributed by atoms with Crippen molar-refractivity contribution in [3.05, 3.63) is 58.0 Å². The molecule has 2 amide bonds. The summed E-state index contributed by atoms with van der Waals surface area (Å²) in [7, 11) is 0. The lowest BCUT2D eigenvalue weighted by Crippen LogP contribution is -2.33. The third-order valence-corrected chi connectivity index (χ3v) is 4.84. The quantitative estimate of drug-likeness (QED) is 0.0288. The number of anilines is 1. The van der Waals surface area contributed by atoms with E-state index in [4.69, 9.17) is 29.2 Å². The zero-order chi connectivity index (χ0) is 30.0. The van der Waals surface area contributed by atoms with Gasteiger partial charge in [0.25, 0.3) is 0 Å². The molecule has 2 N–H and O–H groups in total. The first-order valence-electron chi connectivity index (χ1n) is 13.0. The van der Waals surface area contributed by atoms with Gasteiger partial charge in [0.2, 0.25) is 11.8 Å².